The number of carbonyl (C=O) groups is 1. The molecule has 0 aromatic carbocycles. The normalized spacial score (nSPS) is 31.7. The Hall–Kier alpha value is -0.610. The second-order valence-corrected chi connectivity index (χ2v) is 8.84. The lowest BCUT2D eigenvalue weighted by atomic mass is 9.71. The van der Waals surface area contributed by atoms with E-state index in [2.05, 4.69) is 9.80 Å². The quantitative estimate of drug-likeness (QED) is 0.792. The third-order valence-corrected chi connectivity index (χ3v) is 7.57. The first-order valence-electron chi connectivity index (χ1n) is 10.2. The van der Waals surface area contributed by atoms with Gasteiger partial charge in [-0.1, -0.05) is 19.3 Å². The predicted octanol–water partition coefficient (Wildman–Crippen LogP) is 2.92. The van der Waals surface area contributed by atoms with E-state index in [1.54, 1.807) is 0 Å². The van der Waals surface area contributed by atoms with Crippen LogP contribution in [0.15, 0.2) is 0 Å². The Morgan fingerprint density at radius 1 is 1.08 bits per heavy atom. The van der Waals surface area contributed by atoms with Gasteiger partial charge in [0.25, 0.3) is 0 Å². The molecular weight excluding hydrogens is 300 g/mol. The SMILES string of the molecule is COCC1CN(C2CCC2)CC12CCN(C(=O)C1CCCC1)CC2. The molecule has 4 aliphatic rings. The molecule has 0 radical (unpaired) electrons. The lowest BCUT2D eigenvalue weighted by Crippen LogP contribution is -2.49. The summed E-state index contributed by atoms with van der Waals surface area (Å²) in [7, 11) is 1.85. The Morgan fingerprint density at radius 3 is 2.38 bits per heavy atom. The predicted molar refractivity (Wildman–Crippen MR) is 94.8 cm³/mol. The zero-order chi connectivity index (χ0) is 16.6. The molecule has 1 unspecified atom stereocenters. The molecule has 0 aromatic heterocycles. The zero-order valence-corrected chi connectivity index (χ0v) is 15.3. The Morgan fingerprint density at radius 2 is 1.79 bits per heavy atom. The number of nitrogens with zero attached hydrogens (tertiary/aromatic N) is 2. The number of piperidine rings is 1. The van der Waals surface area contributed by atoms with E-state index in [0.29, 0.717) is 23.2 Å². The summed E-state index contributed by atoms with van der Waals surface area (Å²) >= 11 is 0. The van der Waals surface area contributed by atoms with Crippen LogP contribution in [0.1, 0.15) is 57.8 Å². The van der Waals surface area contributed by atoms with Gasteiger partial charge in [-0.05, 0) is 43.9 Å². The molecule has 0 N–H and O–H groups in total. The van der Waals surface area contributed by atoms with E-state index in [-0.39, 0.29) is 0 Å². The Bertz CT molecular complexity index is 449. The molecule has 136 valence electrons. The van der Waals surface area contributed by atoms with E-state index < -0.39 is 0 Å². The molecule has 2 saturated heterocycles. The topological polar surface area (TPSA) is 32.8 Å². The smallest absolute Gasteiger partial charge is 0.225 e. The largest absolute Gasteiger partial charge is 0.384 e. The van der Waals surface area contributed by atoms with Crippen LogP contribution in [0.5, 0.6) is 0 Å². The average molecular weight is 335 g/mol. The van der Waals surface area contributed by atoms with Crippen LogP contribution in [0.2, 0.25) is 0 Å². The van der Waals surface area contributed by atoms with Crippen molar-refractivity contribution in [2.75, 3.05) is 39.9 Å². The second-order valence-electron chi connectivity index (χ2n) is 8.84. The summed E-state index contributed by atoms with van der Waals surface area (Å²) < 4.78 is 5.58. The van der Waals surface area contributed by atoms with E-state index in [9.17, 15) is 4.79 Å². The molecule has 4 nitrogen and oxygen atoms in total. The first-order chi connectivity index (χ1) is 11.7. The van der Waals surface area contributed by atoms with Gasteiger partial charge in [0.2, 0.25) is 5.91 Å². The summed E-state index contributed by atoms with van der Waals surface area (Å²) in [4.78, 5) is 17.7. The Kier molecular flexibility index (Phi) is 4.88. The van der Waals surface area contributed by atoms with E-state index in [1.807, 2.05) is 7.11 Å². The minimum atomic E-state index is 0.337. The van der Waals surface area contributed by atoms with Gasteiger partial charge in [-0.3, -0.25) is 9.69 Å². The molecule has 4 rings (SSSR count). The molecule has 2 saturated carbocycles. The van der Waals surface area contributed by atoms with Crippen LogP contribution in [0.3, 0.4) is 0 Å². The van der Waals surface area contributed by atoms with E-state index in [4.69, 9.17) is 4.74 Å². The van der Waals surface area contributed by atoms with Crippen LogP contribution >= 0.6 is 0 Å². The monoisotopic (exact) mass is 334 g/mol. The minimum absolute atomic E-state index is 0.337. The highest BCUT2D eigenvalue weighted by Crippen LogP contribution is 2.47. The average Bonchev–Trinajstić information content (AvgIpc) is 3.16. The lowest BCUT2D eigenvalue weighted by Gasteiger charge is -2.44. The van der Waals surface area contributed by atoms with Gasteiger partial charge in [-0.15, -0.1) is 0 Å². The number of hydrogen-bond acceptors (Lipinski definition) is 3. The van der Waals surface area contributed by atoms with Gasteiger partial charge < -0.3 is 9.64 Å². The summed E-state index contributed by atoms with van der Waals surface area (Å²) in [6, 6.07) is 0.835. The maximum atomic E-state index is 12.7. The first kappa shape index (κ1) is 16.8. The number of hydrogen-bond donors (Lipinski definition) is 0. The van der Waals surface area contributed by atoms with Gasteiger partial charge in [-0.2, -0.15) is 0 Å². The molecule has 1 amide bonds. The summed E-state index contributed by atoms with van der Waals surface area (Å²) in [5.41, 5.74) is 0.401. The van der Waals surface area contributed by atoms with Gasteiger partial charge in [0.1, 0.15) is 0 Å². The van der Waals surface area contributed by atoms with Crippen molar-refractivity contribution in [3.63, 3.8) is 0 Å². The molecule has 4 fully saturated rings. The molecule has 0 aromatic rings. The van der Waals surface area contributed by atoms with Crippen molar-refractivity contribution in [1.29, 1.82) is 0 Å². The fraction of sp³-hybridized carbons (Fsp3) is 0.950. The van der Waals surface area contributed by atoms with Gasteiger partial charge in [0, 0.05) is 51.2 Å². The fourth-order valence-electron chi connectivity index (χ4n) is 5.71. The fourth-order valence-corrected chi connectivity index (χ4v) is 5.71. The van der Waals surface area contributed by atoms with Crippen molar-refractivity contribution >= 4 is 5.91 Å². The number of ether oxygens (including phenoxy) is 1. The van der Waals surface area contributed by atoms with Gasteiger partial charge in [0.05, 0.1) is 6.61 Å². The zero-order valence-electron chi connectivity index (χ0n) is 15.3. The van der Waals surface area contributed by atoms with Crippen LogP contribution < -0.4 is 0 Å². The molecule has 4 heteroatoms. The van der Waals surface area contributed by atoms with Crippen molar-refractivity contribution < 1.29 is 9.53 Å². The highest BCUT2D eigenvalue weighted by molar-refractivity contribution is 5.79. The summed E-state index contributed by atoms with van der Waals surface area (Å²) in [6.07, 6.45) is 11.3. The van der Waals surface area contributed by atoms with Crippen LogP contribution in [0, 0.1) is 17.3 Å². The van der Waals surface area contributed by atoms with E-state index in [0.717, 1.165) is 38.6 Å². The van der Waals surface area contributed by atoms with Crippen molar-refractivity contribution in [3.05, 3.63) is 0 Å². The summed E-state index contributed by atoms with van der Waals surface area (Å²) in [5.74, 6) is 1.45. The van der Waals surface area contributed by atoms with Crippen molar-refractivity contribution in [2.45, 2.75) is 63.8 Å². The maximum Gasteiger partial charge on any atom is 0.225 e. The van der Waals surface area contributed by atoms with Gasteiger partial charge >= 0.3 is 0 Å². The maximum absolute atomic E-state index is 12.7. The van der Waals surface area contributed by atoms with Crippen LogP contribution in [0.25, 0.3) is 0 Å². The molecule has 1 atom stereocenters. The molecule has 1 spiro atoms. The number of amides is 1. The third-order valence-electron chi connectivity index (χ3n) is 7.57. The molecule has 2 aliphatic heterocycles. The molecular formula is C20H34N2O2. The van der Waals surface area contributed by atoms with Gasteiger partial charge in [-0.25, -0.2) is 0 Å². The second kappa shape index (κ2) is 6.95. The highest BCUT2D eigenvalue weighted by atomic mass is 16.5. The highest BCUT2D eigenvalue weighted by Gasteiger charge is 2.50. The molecule has 2 heterocycles. The first-order valence-corrected chi connectivity index (χ1v) is 10.2. The van der Waals surface area contributed by atoms with E-state index >= 15 is 0 Å². The number of carbonyl (C=O) groups excluding carboxylic acids is 1. The summed E-state index contributed by atoms with van der Waals surface area (Å²) in [5, 5.41) is 0. The Labute approximate surface area is 146 Å². The molecule has 24 heavy (non-hydrogen) atoms. The van der Waals surface area contributed by atoms with Gasteiger partial charge in [0.15, 0.2) is 0 Å². The minimum Gasteiger partial charge on any atom is -0.384 e. The number of rotatable bonds is 4. The standard InChI is InChI=1S/C20H34N2O2/c1-24-14-17-13-22(18-7-4-8-18)15-20(17)9-11-21(12-10-20)19(23)16-5-2-3-6-16/h16-18H,2-15H2,1H3. The number of likely N-dealkylation sites (tertiary alicyclic amines) is 2. The van der Waals surface area contributed by atoms with Crippen molar-refractivity contribution in [1.82, 2.24) is 9.80 Å². The number of methoxy groups -OCH3 is 1. The molecule has 2 aliphatic carbocycles. The van der Waals surface area contributed by atoms with Crippen molar-refractivity contribution in [2.24, 2.45) is 17.3 Å². The van der Waals surface area contributed by atoms with Crippen LogP contribution in [-0.4, -0.2) is 61.6 Å². The third kappa shape index (κ3) is 3.01. The van der Waals surface area contributed by atoms with Crippen molar-refractivity contribution in [3.8, 4) is 0 Å². The molecule has 0 bridgehead atoms. The summed E-state index contributed by atoms with van der Waals surface area (Å²) in [6.45, 7) is 5.31. The lowest BCUT2D eigenvalue weighted by molar-refractivity contribution is -0.138. The van der Waals surface area contributed by atoms with Crippen LogP contribution in [0.4, 0.5) is 0 Å². The Balaban J connectivity index is 1.38. The van der Waals surface area contributed by atoms with Crippen LogP contribution in [-0.2, 0) is 9.53 Å². The van der Waals surface area contributed by atoms with E-state index in [1.165, 1.54) is 58.0 Å².